The number of amides is 2. The molecule has 0 heterocycles. The number of hydrogen-bond donors (Lipinski definition) is 5. The van der Waals surface area contributed by atoms with Crippen molar-refractivity contribution in [3.8, 4) is 0 Å². The number of hydroxylamine groups is 1. The third-order valence-corrected chi connectivity index (χ3v) is 3.32. The van der Waals surface area contributed by atoms with Crippen LogP contribution in [-0.2, 0) is 9.59 Å². The van der Waals surface area contributed by atoms with Crippen LogP contribution >= 0.6 is 0 Å². The largest absolute Gasteiger partial charge is 0.399 e. The zero-order valence-electron chi connectivity index (χ0n) is 13.5. The highest BCUT2D eigenvalue weighted by Gasteiger charge is 2.05. The molecule has 0 aliphatic heterocycles. The first-order chi connectivity index (χ1) is 11.5. The Labute approximate surface area is 140 Å². The standard InChI is InChI=1S/C16H24N4O4/c17-13-6-4-12(5-7-13)16(23)19-11-10-18-9-8-14(21)2-1-3-15(22)20-24/h4-7,18,24H,1-3,8-11,17H2,(H,19,23)(H,20,22). The number of ketones is 1. The number of Topliss-reactive ketones (excluding diaryl/α,β-unsaturated/α-hetero) is 1. The van der Waals surface area contributed by atoms with Gasteiger partial charge in [0.15, 0.2) is 0 Å². The molecule has 1 aromatic rings. The van der Waals surface area contributed by atoms with Crippen LogP contribution < -0.4 is 21.8 Å². The minimum absolute atomic E-state index is 0.0548. The molecule has 132 valence electrons. The third kappa shape index (κ3) is 8.25. The Morgan fingerprint density at radius 1 is 0.958 bits per heavy atom. The van der Waals surface area contributed by atoms with Gasteiger partial charge in [-0.25, -0.2) is 5.48 Å². The van der Waals surface area contributed by atoms with Gasteiger partial charge in [0, 0.05) is 50.1 Å². The lowest BCUT2D eigenvalue weighted by Crippen LogP contribution is -2.32. The van der Waals surface area contributed by atoms with Crippen molar-refractivity contribution in [1.29, 1.82) is 0 Å². The molecule has 0 unspecified atom stereocenters. The quantitative estimate of drug-likeness (QED) is 0.170. The summed E-state index contributed by atoms with van der Waals surface area (Å²) in [5, 5.41) is 14.2. The van der Waals surface area contributed by atoms with E-state index < -0.39 is 5.91 Å². The Kier molecular flexibility index (Phi) is 9.10. The van der Waals surface area contributed by atoms with Crippen LogP contribution in [0.1, 0.15) is 36.0 Å². The van der Waals surface area contributed by atoms with Gasteiger partial charge in [-0.2, -0.15) is 0 Å². The highest BCUT2D eigenvalue weighted by molar-refractivity contribution is 5.94. The van der Waals surface area contributed by atoms with E-state index in [0.29, 0.717) is 50.1 Å². The number of nitrogens with one attached hydrogen (secondary N) is 3. The van der Waals surface area contributed by atoms with E-state index in [-0.39, 0.29) is 18.1 Å². The number of anilines is 1. The monoisotopic (exact) mass is 336 g/mol. The highest BCUT2D eigenvalue weighted by Crippen LogP contribution is 2.04. The normalized spacial score (nSPS) is 10.2. The topological polar surface area (TPSA) is 134 Å². The second-order valence-corrected chi connectivity index (χ2v) is 5.31. The summed E-state index contributed by atoms with van der Waals surface area (Å²) in [5.74, 6) is -0.605. The van der Waals surface area contributed by atoms with Gasteiger partial charge in [0.05, 0.1) is 0 Å². The molecule has 24 heavy (non-hydrogen) atoms. The molecule has 6 N–H and O–H groups in total. The van der Waals surface area contributed by atoms with Crippen molar-refractivity contribution in [2.24, 2.45) is 0 Å². The summed E-state index contributed by atoms with van der Waals surface area (Å²) in [5.41, 5.74) is 8.24. The Bertz CT molecular complexity index is 546. The van der Waals surface area contributed by atoms with Crippen LogP contribution in [0, 0.1) is 0 Å². The SMILES string of the molecule is Nc1ccc(C(=O)NCCNCCC(=O)CCCC(=O)NO)cc1. The van der Waals surface area contributed by atoms with Crippen molar-refractivity contribution in [3.05, 3.63) is 29.8 Å². The summed E-state index contributed by atoms with van der Waals surface area (Å²) in [7, 11) is 0. The van der Waals surface area contributed by atoms with Crippen molar-refractivity contribution in [1.82, 2.24) is 16.1 Å². The van der Waals surface area contributed by atoms with E-state index in [4.69, 9.17) is 10.9 Å². The molecule has 1 aromatic carbocycles. The van der Waals surface area contributed by atoms with Gasteiger partial charge in [0.25, 0.3) is 5.91 Å². The molecule has 8 nitrogen and oxygen atoms in total. The fourth-order valence-corrected chi connectivity index (χ4v) is 1.98. The molecule has 2 amide bonds. The number of benzene rings is 1. The summed E-state index contributed by atoms with van der Waals surface area (Å²) in [6, 6.07) is 6.66. The maximum absolute atomic E-state index is 11.8. The van der Waals surface area contributed by atoms with Crippen LogP contribution in [0.25, 0.3) is 0 Å². The molecule has 0 saturated carbocycles. The molecule has 0 bridgehead atoms. The summed E-state index contributed by atoms with van der Waals surface area (Å²) in [6.45, 7) is 1.53. The lowest BCUT2D eigenvalue weighted by atomic mass is 10.1. The van der Waals surface area contributed by atoms with Gasteiger partial charge in [-0.1, -0.05) is 0 Å². The van der Waals surface area contributed by atoms with Gasteiger partial charge in [0.1, 0.15) is 5.78 Å². The van der Waals surface area contributed by atoms with Crippen LogP contribution in [0.4, 0.5) is 5.69 Å². The third-order valence-electron chi connectivity index (χ3n) is 3.32. The Hall–Kier alpha value is -2.45. The smallest absolute Gasteiger partial charge is 0.251 e. The van der Waals surface area contributed by atoms with E-state index in [0.717, 1.165) is 0 Å². The second kappa shape index (κ2) is 11.1. The van der Waals surface area contributed by atoms with E-state index in [1.807, 2.05) is 0 Å². The molecule has 0 saturated heterocycles. The van der Waals surface area contributed by atoms with Gasteiger partial charge in [0.2, 0.25) is 5.91 Å². The van der Waals surface area contributed by atoms with Gasteiger partial charge in [-0.05, 0) is 30.7 Å². The van der Waals surface area contributed by atoms with Crippen molar-refractivity contribution >= 4 is 23.3 Å². The van der Waals surface area contributed by atoms with Crippen molar-refractivity contribution in [2.45, 2.75) is 25.7 Å². The number of carbonyl (C=O) groups excluding carboxylic acids is 3. The van der Waals surface area contributed by atoms with Crippen molar-refractivity contribution in [2.75, 3.05) is 25.4 Å². The van der Waals surface area contributed by atoms with Crippen molar-refractivity contribution < 1.29 is 19.6 Å². The van der Waals surface area contributed by atoms with Gasteiger partial charge < -0.3 is 16.4 Å². The highest BCUT2D eigenvalue weighted by atomic mass is 16.5. The molecule has 0 aliphatic rings. The van der Waals surface area contributed by atoms with Crippen LogP contribution in [0.3, 0.4) is 0 Å². The van der Waals surface area contributed by atoms with E-state index in [1.54, 1.807) is 24.3 Å². The fraction of sp³-hybridized carbons (Fsp3) is 0.438. The molecule has 8 heteroatoms. The Balaban J connectivity index is 2.03. The van der Waals surface area contributed by atoms with Crippen LogP contribution in [0.2, 0.25) is 0 Å². The van der Waals surface area contributed by atoms with Crippen LogP contribution in [-0.4, -0.2) is 42.4 Å². The number of rotatable bonds is 11. The van der Waals surface area contributed by atoms with Gasteiger partial charge in [-0.3, -0.25) is 19.6 Å². The molecular formula is C16H24N4O4. The molecule has 0 radical (unpaired) electrons. The molecule has 0 aromatic heterocycles. The second-order valence-electron chi connectivity index (χ2n) is 5.31. The van der Waals surface area contributed by atoms with Gasteiger partial charge in [-0.15, -0.1) is 0 Å². The first kappa shape index (κ1) is 19.6. The Morgan fingerprint density at radius 3 is 2.33 bits per heavy atom. The fourth-order valence-electron chi connectivity index (χ4n) is 1.98. The van der Waals surface area contributed by atoms with E-state index in [1.165, 1.54) is 5.48 Å². The molecular weight excluding hydrogens is 312 g/mol. The van der Waals surface area contributed by atoms with Gasteiger partial charge >= 0.3 is 0 Å². The minimum atomic E-state index is -0.488. The molecule has 0 aliphatic carbocycles. The maximum atomic E-state index is 11.8. The van der Waals surface area contributed by atoms with Crippen LogP contribution in [0.5, 0.6) is 0 Å². The average molecular weight is 336 g/mol. The number of carbonyl (C=O) groups is 3. The maximum Gasteiger partial charge on any atom is 0.251 e. The summed E-state index contributed by atoms with van der Waals surface area (Å²) in [6.07, 6.45) is 1.23. The summed E-state index contributed by atoms with van der Waals surface area (Å²) in [4.78, 5) is 34.1. The predicted octanol–water partition coefficient (Wildman–Crippen LogP) is 0.223. The van der Waals surface area contributed by atoms with Crippen LogP contribution in [0.15, 0.2) is 24.3 Å². The minimum Gasteiger partial charge on any atom is -0.399 e. The molecule has 1 rings (SSSR count). The average Bonchev–Trinajstić information content (AvgIpc) is 2.58. The van der Waals surface area contributed by atoms with E-state index >= 15 is 0 Å². The first-order valence-electron chi connectivity index (χ1n) is 7.82. The van der Waals surface area contributed by atoms with Crippen molar-refractivity contribution in [3.63, 3.8) is 0 Å². The zero-order valence-corrected chi connectivity index (χ0v) is 13.5. The molecule has 0 fully saturated rings. The predicted molar refractivity (Wildman–Crippen MR) is 89.5 cm³/mol. The van der Waals surface area contributed by atoms with E-state index in [2.05, 4.69) is 10.6 Å². The molecule has 0 atom stereocenters. The van der Waals surface area contributed by atoms with E-state index in [9.17, 15) is 14.4 Å². The lowest BCUT2D eigenvalue weighted by molar-refractivity contribution is -0.129. The summed E-state index contributed by atoms with van der Waals surface area (Å²) >= 11 is 0. The summed E-state index contributed by atoms with van der Waals surface area (Å²) < 4.78 is 0. The molecule has 0 spiro atoms. The Morgan fingerprint density at radius 2 is 1.67 bits per heavy atom. The number of nitrogen functional groups attached to an aromatic ring is 1. The first-order valence-corrected chi connectivity index (χ1v) is 7.82. The lowest BCUT2D eigenvalue weighted by Gasteiger charge is -2.07. The number of hydrogen-bond acceptors (Lipinski definition) is 6. The zero-order chi connectivity index (χ0) is 17.8. The number of nitrogens with two attached hydrogens (primary N) is 1.